The maximum Gasteiger partial charge on any atom is 0.254 e. The molecule has 0 aliphatic rings. The smallest absolute Gasteiger partial charge is 0.254 e. The molecule has 0 spiro atoms. The molecule has 0 radical (unpaired) electrons. The first-order valence-electron chi connectivity index (χ1n) is 4.99. The van der Waals surface area contributed by atoms with Gasteiger partial charge in [-0.05, 0) is 19.1 Å². The summed E-state index contributed by atoms with van der Waals surface area (Å²) in [5.41, 5.74) is -0.0104. The molecule has 0 atom stereocenters. The van der Waals surface area contributed by atoms with Gasteiger partial charge in [0.1, 0.15) is 5.82 Å². The Balaban J connectivity index is 2.01. The van der Waals surface area contributed by atoms with Crippen LogP contribution < -0.4 is 5.32 Å². The largest absolute Gasteiger partial charge is 0.343 e. The summed E-state index contributed by atoms with van der Waals surface area (Å²) < 4.78 is 18.1. The molecule has 88 valence electrons. The lowest BCUT2D eigenvalue weighted by atomic mass is 10.2. The third kappa shape index (κ3) is 2.66. The van der Waals surface area contributed by atoms with E-state index in [0.717, 1.165) is 0 Å². The molecule has 0 saturated carbocycles. The zero-order valence-electron chi connectivity index (χ0n) is 9.11. The van der Waals surface area contributed by atoms with Crippen molar-refractivity contribution in [3.63, 3.8) is 0 Å². The van der Waals surface area contributed by atoms with Crippen molar-refractivity contribution >= 4 is 5.91 Å². The number of benzene rings is 1. The molecule has 1 aromatic heterocycles. The number of rotatable bonds is 3. The van der Waals surface area contributed by atoms with Crippen LogP contribution in [0.15, 0.2) is 28.8 Å². The number of halogens is 1. The molecule has 0 unspecified atom stereocenters. The minimum atomic E-state index is -0.563. The molecular weight excluding hydrogens is 225 g/mol. The minimum absolute atomic E-state index is 0.0104. The Kier molecular flexibility index (Phi) is 3.13. The lowest BCUT2D eigenvalue weighted by molar-refractivity contribution is 0.0942. The Labute approximate surface area is 96.6 Å². The average molecular weight is 235 g/mol. The number of amides is 1. The molecule has 1 N–H and O–H groups in total. The molecule has 1 aromatic carbocycles. The van der Waals surface area contributed by atoms with Crippen LogP contribution in [0.25, 0.3) is 0 Å². The first kappa shape index (κ1) is 11.3. The van der Waals surface area contributed by atoms with Crippen molar-refractivity contribution in [2.45, 2.75) is 13.5 Å². The normalized spacial score (nSPS) is 10.2. The zero-order valence-corrected chi connectivity index (χ0v) is 9.11. The number of nitrogens with zero attached hydrogens (tertiary/aromatic N) is 2. The van der Waals surface area contributed by atoms with E-state index in [0.29, 0.717) is 5.82 Å². The molecule has 0 saturated heterocycles. The fraction of sp³-hybridized carbons (Fsp3) is 0.182. The van der Waals surface area contributed by atoms with Gasteiger partial charge in [-0.3, -0.25) is 4.79 Å². The number of aryl methyl sites for hydroxylation is 1. The molecule has 2 rings (SSSR count). The van der Waals surface area contributed by atoms with Crippen molar-refractivity contribution in [3.8, 4) is 0 Å². The monoisotopic (exact) mass is 235 g/mol. The van der Waals surface area contributed by atoms with Crippen LogP contribution in [0.2, 0.25) is 0 Å². The highest BCUT2D eigenvalue weighted by Crippen LogP contribution is 2.06. The Hall–Kier alpha value is -2.24. The molecule has 0 aliphatic heterocycles. The lowest BCUT2D eigenvalue weighted by Gasteiger charge is -2.02. The minimum Gasteiger partial charge on any atom is -0.343 e. The van der Waals surface area contributed by atoms with E-state index in [1.807, 2.05) is 0 Å². The molecule has 2 aromatic rings. The van der Waals surface area contributed by atoms with Crippen LogP contribution in [0.5, 0.6) is 0 Å². The predicted molar refractivity (Wildman–Crippen MR) is 56.6 cm³/mol. The van der Waals surface area contributed by atoms with E-state index in [4.69, 9.17) is 4.52 Å². The third-order valence-corrected chi connectivity index (χ3v) is 2.09. The molecule has 0 aliphatic carbocycles. The highest BCUT2D eigenvalue weighted by atomic mass is 19.1. The quantitative estimate of drug-likeness (QED) is 0.874. The van der Waals surface area contributed by atoms with Crippen molar-refractivity contribution in [1.82, 2.24) is 15.5 Å². The van der Waals surface area contributed by atoms with Gasteiger partial charge >= 0.3 is 0 Å². The van der Waals surface area contributed by atoms with Crippen molar-refractivity contribution in [2.75, 3.05) is 0 Å². The maximum atomic E-state index is 13.3. The van der Waals surface area contributed by atoms with E-state index in [1.165, 1.54) is 18.2 Å². The van der Waals surface area contributed by atoms with Gasteiger partial charge in [-0.15, -0.1) is 0 Å². The molecule has 6 heteroatoms. The van der Waals surface area contributed by atoms with Gasteiger partial charge in [0.25, 0.3) is 5.91 Å². The lowest BCUT2D eigenvalue weighted by Crippen LogP contribution is -2.23. The predicted octanol–water partition coefficient (Wildman–Crippen LogP) is 1.45. The van der Waals surface area contributed by atoms with Crippen LogP contribution in [-0.2, 0) is 6.54 Å². The van der Waals surface area contributed by atoms with Gasteiger partial charge in [0.05, 0.1) is 12.1 Å². The Bertz CT molecular complexity index is 539. The molecular formula is C11H10FN3O2. The van der Waals surface area contributed by atoms with Crippen LogP contribution in [0.1, 0.15) is 22.1 Å². The molecule has 1 heterocycles. The highest BCUT2D eigenvalue weighted by molar-refractivity contribution is 5.94. The highest BCUT2D eigenvalue weighted by Gasteiger charge is 2.11. The Morgan fingerprint density at radius 3 is 2.88 bits per heavy atom. The van der Waals surface area contributed by atoms with Crippen molar-refractivity contribution in [1.29, 1.82) is 0 Å². The molecule has 0 bridgehead atoms. The van der Waals surface area contributed by atoms with Crippen LogP contribution in [0.4, 0.5) is 4.39 Å². The van der Waals surface area contributed by atoms with E-state index in [9.17, 15) is 9.18 Å². The first-order chi connectivity index (χ1) is 8.16. The summed E-state index contributed by atoms with van der Waals surface area (Å²) in [5.74, 6) is -0.307. The number of aromatic nitrogens is 2. The topological polar surface area (TPSA) is 68.0 Å². The number of nitrogens with one attached hydrogen (secondary N) is 1. The Morgan fingerprint density at radius 2 is 2.24 bits per heavy atom. The van der Waals surface area contributed by atoms with Gasteiger partial charge in [0.15, 0.2) is 5.82 Å². The van der Waals surface area contributed by atoms with Gasteiger partial charge in [0, 0.05) is 0 Å². The summed E-state index contributed by atoms with van der Waals surface area (Å²) >= 11 is 0. The van der Waals surface area contributed by atoms with Gasteiger partial charge < -0.3 is 9.84 Å². The summed E-state index contributed by atoms with van der Waals surface area (Å²) in [6.07, 6.45) is 0. The average Bonchev–Trinajstić information content (AvgIpc) is 2.73. The van der Waals surface area contributed by atoms with Crippen LogP contribution >= 0.6 is 0 Å². The van der Waals surface area contributed by atoms with Gasteiger partial charge in [0.2, 0.25) is 5.89 Å². The fourth-order valence-electron chi connectivity index (χ4n) is 1.31. The first-order valence-corrected chi connectivity index (χ1v) is 4.99. The van der Waals surface area contributed by atoms with E-state index in [2.05, 4.69) is 15.5 Å². The van der Waals surface area contributed by atoms with Crippen molar-refractivity contribution in [3.05, 3.63) is 47.4 Å². The molecule has 1 amide bonds. The maximum absolute atomic E-state index is 13.3. The summed E-state index contributed by atoms with van der Waals surface area (Å²) in [5, 5.41) is 6.07. The molecule has 0 fully saturated rings. The zero-order chi connectivity index (χ0) is 12.3. The van der Waals surface area contributed by atoms with Gasteiger partial charge in [-0.1, -0.05) is 17.3 Å². The summed E-state index contributed by atoms with van der Waals surface area (Å²) in [6, 6.07) is 5.75. The summed E-state index contributed by atoms with van der Waals surface area (Å²) in [7, 11) is 0. The van der Waals surface area contributed by atoms with Gasteiger partial charge in [-0.25, -0.2) is 4.39 Å². The van der Waals surface area contributed by atoms with E-state index in [-0.39, 0.29) is 18.0 Å². The van der Waals surface area contributed by atoms with Crippen molar-refractivity contribution in [2.24, 2.45) is 0 Å². The number of hydrogen-bond acceptors (Lipinski definition) is 4. The molecule has 17 heavy (non-hydrogen) atoms. The van der Waals surface area contributed by atoms with Crippen LogP contribution in [0, 0.1) is 12.7 Å². The standard InChI is InChI=1S/C11H10FN3O2/c1-7-14-10(17-15-7)6-13-11(16)8-4-2-3-5-9(8)12/h2-5H,6H2,1H3,(H,13,16). The van der Waals surface area contributed by atoms with Crippen molar-refractivity contribution < 1.29 is 13.7 Å². The fourth-order valence-corrected chi connectivity index (χ4v) is 1.31. The second kappa shape index (κ2) is 4.73. The SMILES string of the molecule is Cc1noc(CNC(=O)c2ccccc2F)n1. The summed E-state index contributed by atoms with van der Waals surface area (Å²) in [4.78, 5) is 15.5. The third-order valence-electron chi connectivity index (χ3n) is 2.09. The second-order valence-corrected chi connectivity index (χ2v) is 3.40. The summed E-state index contributed by atoms with van der Waals surface area (Å²) in [6.45, 7) is 1.75. The van der Waals surface area contributed by atoms with Crippen LogP contribution in [-0.4, -0.2) is 16.0 Å². The number of carbonyl (C=O) groups excluding carboxylic acids is 1. The van der Waals surface area contributed by atoms with Crippen LogP contribution in [0.3, 0.4) is 0 Å². The number of hydrogen-bond donors (Lipinski definition) is 1. The van der Waals surface area contributed by atoms with E-state index < -0.39 is 11.7 Å². The number of carbonyl (C=O) groups is 1. The molecule has 5 nitrogen and oxygen atoms in total. The Morgan fingerprint density at radius 1 is 1.47 bits per heavy atom. The van der Waals surface area contributed by atoms with E-state index in [1.54, 1.807) is 13.0 Å². The van der Waals surface area contributed by atoms with Gasteiger partial charge in [-0.2, -0.15) is 4.98 Å². The van der Waals surface area contributed by atoms with E-state index >= 15 is 0 Å². The second-order valence-electron chi connectivity index (χ2n) is 3.40.